The lowest BCUT2D eigenvalue weighted by molar-refractivity contribution is -0.143. The lowest BCUT2D eigenvalue weighted by Gasteiger charge is -2.31. The molecule has 0 fully saturated rings. The minimum atomic E-state index is -0.628. The van der Waals surface area contributed by atoms with Crippen LogP contribution < -0.4 is 10.1 Å². The maximum absolute atomic E-state index is 13.1. The van der Waals surface area contributed by atoms with Gasteiger partial charge < -0.3 is 15.0 Å². The van der Waals surface area contributed by atoms with E-state index >= 15 is 0 Å². The number of halogens is 2. The van der Waals surface area contributed by atoms with Gasteiger partial charge in [-0.25, -0.2) is 0 Å². The van der Waals surface area contributed by atoms with Crippen LogP contribution in [-0.2, 0) is 16.1 Å². The average molecular weight is 451 g/mol. The van der Waals surface area contributed by atoms with E-state index in [4.69, 9.17) is 27.9 Å². The van der Waals surface area contributed by atoms with Gasteiger partial charge >= 0.3 is 0 Å². The number of hydrogen-bond acceptors (Lipinski definition) is 3. The van der Waals surface area contributed by atoms with Crippen LogP contribution in [0.25, 0.3) is 0 Å². The molecule has 2 amide bonds. The van der Waals surface area contributed by atoms with E-state index in [1.165, 1.54) is 4.90 Å². The maximum atomic E-state index is 13.1. The van der Waals surface area contributed by atoms with Crippen molar-refractivity contribution < 1.29 is 14.3 Å². The molecule has 0 aromatic heterocycles. The van der Waals surface area contributed by atoms with Gasteiger partial charge in [-0.05, 0) is 55.7 Å². The molecule has 0 aliphatic heterocycles. The fraction of sp³-hybridized carbons (Fsp3) is 0.391. The summed E-state index contributed by atoms with van der Waals surface area (Å²) in [6.45, 7) is 5.84. The number of nitrogens with one attached hydrogen (secondary N) is 1. The Hall–Kier alpha value is -2.24. The summed E-state index contributed by atoms with van der Waals surface area (Å²) in [5, 5.41) is 4.11. The molecule has 1 N–H and O–H groups in total. The first-order chi connectivity index (χ1) is 14.3. The molecule has 0 radical (unpaired) electrons. The van der Waals surface area contributed by atoms with Crippen LogP contribution in [0.3, 0.4) is 0 Å². The van der Waals surface area contributed by atoms with E-state index in [1.807, 2.05) is 39.0 Å². The lowest BCUT2D eigenvalue weighted by Crippen LogP contribution is -2.51. The standard InChI is InChI=1S/C23H28Cl2N2O3/c1-4-16(3)26-23(29)21(5-2)27(14-17-8-6-7-9-20(17)25)22(28)15-30-19-12-10-18(24)11-13-19/h6-13,16,21H,4-5,14-15H2,1-3H3,(H,26,29). The number of benzene rings is 2. The lowest BCUT2D eigenvalue weighted by atomic mass is 10.1. The van der Waals surface area contributed by atoms with Crippen molar-refractivity contribution in [1.29, 1.82) is 0 Å². The zero-order valence-corrected chi connectivity index (χ0v) is 19.0. The predicted molar refractivity (Wildman–Crippen MR) is 121 cm³/mol. The second-order valence-corrected chi connectivity index (χ2v) is 7.94. The van der Waals surface area contributed by atoms with Crippen molar-refractivity contribution in [1.82, 2.24) is 10.2 Å². The summed E-state index contributed by atoms with van der Waals surface area (Å²) in [4.78, 5) is 27.5. The van der Waals surface area contributed by atoms with E-state index in [9.17, 15) is 9.59 Å². The smallest absolute Gasteiger partial charge is 0.261 e. The van der Waals surface area contributed by atoms with Gasteiger partial charge in [0.15, 0.2) is 6.61 Å². The average Bonchev–Trinajstić information content (AvgIpc) is 2.74. The highest BCUT2D eigenvalue weighted by Gasteiger charge is 2.29. The zero-order chi connectivity index (χ0) is 22.1. The van der Waals surface area contributed by atoms with Crippen LogP contribution in [-0.4, -0.2) is 35.4 Å². The third-order valence-electron chi connectivity index (χ3n) is 4.86. The number of nitrogens with zero attached hydrogens (tertiary/aromatic N) is 1. The Morgan fingerprint density at radius 2 is 1.70 bits per heavy atom. The van der Waals surface area contributed by atoms with Crippen LogP contribution in [0.5, 0.6) is 5.75 Å². The summed E-state index contributed by atoms with van der Waals surface area (Å²) in [5.74, 6) is 0.0531. The third-order valence-corrected chi connectivity index (χ3v) is 5.48. The summed E-state index contributed by atoms with van der Waals surface area (Å²) in [5.41, 5.74) is 0.772. The van der Waals surface area contributed by atoms with Gasteiger partial charge in [0.05, 0.1) is 0 Å². The molecule has 2 rings (SSSR count). The van der Waals surface area contributed by atoms with E-state index in [1.54, 1.807) is 30.3 Å². The summed E-state index contributed by atoms with van der Waals surface area (Å²) in [7, 11) is 0. The topological polar surface area (TPSA) is 58.6 Å². The fourth-order valence-electron chi connectivity index (χ4n) is 2.93. The molecule has 30 heavy (non-hydrogen) atoms. The molecule has 2 aromatic rings. The Balaban J connectivity index is 2.21. The number of hydrogen-bond donors (Lipinski definition) is 1. The summed E-state index contributed by atoms with van der Waals surface area (Å²) in [6, 6.07) is 13.5. The molecular weight excluding hydrogens is 423 g/mol. The number of amides is 2. The molecule has 0 aliphatic carbocycles. The third kappa shape index (κ3) is 6.92. The van der Waals surface area contributed by atoms with E-state index in [0.29, 0.717) is 22.2 Å². The molecule has 0 saturated heterocycles. The monoisotopic (exact) mass is 450 g/mol. The molecule has 0 bridgehead atoms. The largest absolute Gasteiger partial charge is 0.484 e. The Kier molecular flexibility index (Phi) is 9.47. The van der Waals surface area contributed by atoms with Crippen molar-refractivity contribution in [2.75, 3.05) is 6.61 Å². The van der Waals surface area contributed by atoms with Gasteiger partial charge in [-0.15, -0.1) is 0 Å². The maximum Gasteiger partial charge on any atom is 0.261 e. The SMILES string of the molecule is CCC(C)NC(=O)C(CC)N(Cc1ccccc1Cl)C(=O)COc1ccc(Cl)cc1. The Labute approximate surface area is 188 Å². The van der Waals surface area contributed by atoms with Gasteiger partial charge in [-0.2, -0.15) is 0 Å². The van der Waals surface area contributed by atoms with E-state index in [0.717, 1.165) is 12.0 Å². The molecule has 0 heterocycles. The van der Waals surface area contributed by atoms with Crippen molar-refractivity contribution in [2.24, 2.45) is 0 Å². The van der Waals surface area contributed by atoms with Crippen LogP contribution in [0.2, 0.25) is 10.0 Å². The summed E-state index contributed by atoms with van der Waals surface area (Å²) < 4.78 is 5.63. The second-order valence-electron chi connectivity index (χ2n) is 7.10. The quantitative estimate of drug-likeness (QED) is 0.547. The van der Waals surface area contributed by atoms with Gasteiger partial charge in [0, 0.05) is 22.6 Å². The van der Waals surface area contributed by atoms with Crippen LogP contribution in [0, 0.1) is 0 Å². The normalized spacial score (nSPS) is 12.7. The molecule has 0 aliphatic rings. The van der Waals surface area contributed by atoms with Gasteiger partial charge in [0.1, 0.15) is 11.8 Å². The molecule has 7 heteroatoms. The molecule has 162 valence electrons. The Morgan fingerprint density at radius 1 is 1.03 bits per heavy atom. The van der Waals surface area contributed by atoms with E-state index < -0.39 is 6.04 Å². The van der Waals surface area contributed by atoms with Crippen molar-refractivity contribution in [3.63, 3.8) is 0 Å². The van der Waals surface area contributed by atoms with Gasteiger partial charge in [-0.1, -0.05) is 55.2 Å². The molecule has 2 atom stereocenters. The van der Waals surface area contributed by atoms with Crippen molar-refractivity contribution in [2.45, 2.75) is 52.2 Å². The number of carbonyl (C=O) groups is 2. The fourth-order valence-corrected chi connectivity index (χ4v) is 3.25. The number of ether oxygens (including phenoxy) is 1. The molecule has 2 unspecified atom stereocenters. The van der Waals surface area contributed by atoms with Crippen LogP contribution in [0.15, 0.2) is 48.5 Å². The zero-order valence-electron chi connectivity index (χ0n) is 17.5. The molecule has 2 aromatic carbocycles. The number of rotatable bonds is 10. The molecule has 5 nitrogen and oxygen atoms in total. The Morgan fingerprint density at radius 3 is 2.30 bits per heavy atom. The van der Waals surface area contributed by atoms with Crippen molar-refractivity contribution >= 4 is 35.0 Å². The predicted octanol–water partition coefficient (Wildman–Crippen LogP) is 5.09. The Bertz CT molecular complexity index is 843. The van der Waals surface area contributed by atoms with Gasteiger partial charge in [0.25, 0.3) is 5.91 Å². The van der Waals surface area contributed by atoms with E-state index in [2.05, 4.69) is 5.32 Å². The highest BCUT2D eigenvalue weighted by molar-refractivity contribution is 6.31. The van der Waals surface area contributed by atoms with Crippen molar-refractivity contribution in [3.05, 3.63) is 64.1 Å². The minimum Gasteiger partial charge on any atom is -0.484 e. The minimum absolute atomic E-state index is 0.0223. The molecular formula is C23H28Cl2N2O3. The second kappa shape index (κ2) is 11.8. The first-order valence-corrected chi connectivity index (χ1v) is 10.8. The van der Waals surface area contributed by atoms with Crippen LogP contribution >= 0.6 is 23.2 Å². The number of carbonyl (C=O) groups excluding carboxylic acids is 2. The summed E-state index contributed by atoms with van der Waals surface area (Å²) >= 11 is 12.2. The molecule has 0 spiro atoms. The van der Waals surface area contributed by atoms with E-state index in [-0.39, 0.29) is 31.0 Å². The van der Waals surface area contributed by atoms with Crippen LogP contribution in [0.1, 0.15) is 39.2 Å². The first-order valence-electron chi connectivity index (χ1n) is 10.1. The highest BCUT2D eigenvalue weighted by Crippen LogP contribution is 2.21. The summed E-state index contributed by atoms with van der Waals surface area (Å²) in [6.07, 6.45) is 1.28. The van der Waals surface area contributed by atoms with Crippen LogP contribution in [0.4, 0.5) is 0 Å². The van der Waals surface area contributed by atoms with Gasteiger partial charge in [0.2, 0.25) is 5.91 Å². The van der Waals surface area contributed by atoms with Gasteiger partial charge in [-0.3, -0.25) is 9.59 Å². The first kappa shape index (κ1) is 24.0. The highest BCUT2D eigenvalue weighted by atomic mass is 35.5. The molecule has 0 saturated carbocycles. The van der Waals surface area contributed by atoms with Crippen molar-refractivity contribution in [3.8, 4) is 5.75 Å².